The number of nitrogens with one attached hydrogen (secondary N) is 1. The number of rotatable bonds is 6. The summed E-state index contributed by atoms with van der Waals surface area (Å²) in [6, 6.07) is 1.84. The average Bonchev–Trinajstić information content (AvgIpc) is 3.33. The topological polar surface area (TPSA) is 93.3 Å². The number of likely N-dealkylation sites (tertiary alicyclic amines) is 1. The molecule has 1 aliphatic rings. The van der Waals surface area contributed by atoms with Crippen LogP contribution < -0.4 is 5.32 Å². The van der Waals surface area contributed by atoms with Gasteiger partial charge in [-0.05, 0) is 25.8 Å². The summed E-state index contributed by atoms with van der Waals surface area (Å²) in [7, 11) is 1.85. The van der Waals surface area contributed by atoms with Crippen LogP contribution in [0.3, 0.4) is 0 Å². The SMILES string of the molecule is Cc1occc1-c1nnc(SCC(=O)NCC(=O)N2CCCC2)n1C. The van der Waals surface area contributed by atoms with Crippen LogP contribution in [-0.2, 0) is 16.6 Å². The zero-order valence-corrected chi connectivity index (χ0v) is 15.1. The molecule has 2 amide bonds. The fourth-order valence-electron chi connectivity index (χ4n) is 2.73. The number of aryl methyl sites for hydroxylation is 1. The first-order chi connectivity index (χ1) is 12.1. The van der Waals surface area contributed by atoms with Crippen LogP contribution in [0.15, 0.2) is 21.9 Å². The summed E-state index contributed by atoms with van der Waals surface area (Å²) in [6.07, 6.45) is 3.69. The molecule has 1 aliphatic heterocycles. The van der Waals surface area contributed by atoms with E-state index in [0.717, 1.165) is 37.3 Å². The van der Waals surface area contributed by atoms with E-state index in [2.05, 4.69) is 15.5 Å². The fourth-order valence-corrected chi connectivity index (χ4v) is 3.47. The number of aromatic nitrogens is 3. The van der Waals surface area contributed by atoms with Crippen molar-refractivity contribution in [1.29, 1.82) is 0 Å². The van der Waals surface area contributed by atoms with Gasteiger partial charge in [0.2, 0.25) is 11.8 Å². The molecule has 0 unspecified atom stereocenters. The molecule has 0 atom stereocenters. The molecule has 2 aromatic rings. The number of nitrogens with zero attached hydrogens (tertiary/aromatic N) is 4. The van der Waals surface area contributed by atoms with Gasteiger partial charge in [-0.1, -0.05) is 11.8 Å². The highest BCUT2D eigenvalue weighted by Gasteiger charge is 2.19. The Labute approximate surface area is 150 Å². The summed E-state index contributed by atoms with van der Waals surface area (Å²) in [5.41, 5.74) is 0.877. The van der Waals surface area contributed by atoms with Crippen LogP contribution in [0.2, 0.25) is 0 Å². The summed E-state index contributed by atoms with van der Waals surface area (Å²) >= 11 is 1.28. The van der Waals surface area contributed by atoms with Gasteiger partial charge in [-0.2, -0.15) is 0 Å². The van der Waals surface area contributed by atoms with Crippen LogP contribution in [-0.4, -0.2) is 56.9 Å². The number of furan rings is 1. The first-order valence-corrected chi connectivity index (χ1v) is 9.16. The summed E-state index contributed by atoms with van der Waals surface area (Å²) in [4.78, 5) is 25.7. The Morgan fingerprint density at radius 1 is 1.32 bits per heavy atom. The summed E-state index contributed by atoms with van der Waals surface area (Å²) in [5.74, 6) is 1.43. The monoisotopic (exact) mass is 363 g/mol. The summed E-state index contributed by atoms with van der Waals surface area (Å²) in [5, 5.41) is 11.6. The lowest BCUT2D eigenvalue weighted by Crippen LogP contribution is -2.39. The Kier molecular flexibility index (Phi) is 5.42. The normalized spacial score (nSPS) is 14.1. The molecule has 1 saturated heterocycles. The highest BCUT2D eigenvalue weighted by molar-refractivity contribution is 7.99. The molecule has 8 nitrogen and oxygen atoms in total. The Morgan fingerprint density at radius 3 is 2.76 bits per heavy atom. The van der Waals surface area contributed by atoms with Crippen LogP contribution in [0.1, 0.15) is 18.6 Å². The van der Waals surface area contributed by atoms with E-state index in [0.29, 0.717) is 11.0 Å². The van der Waals surface area contributed by atoms with E-state index in [1.807, 2.05) is 24.6 Å². The zero-order chi connectivity index (χ0) is 17.8. The Morgan fingerprint density at radius 2 is 2.08 bits per heavy atom. The molecule has 1 fully saturated rings. The molecule has 0 aliphatic carbocycles. The Hall–Kier alpha value is -2.29. The van der Waals surface area contributed by atoms with Crippen molar-refractivity contribution in [2.75, 3.05) is 25.4 Å². The second kappa shape index (κ2) is 7.73. The molecule has 1 N–H and O–H groups in total. The van der Waals surface area contributed by atoms with Crippen LogP contribution in [0, 0.1) is 6.92 Å². The number of amides is 2. The molecular formula is C16H21N5O3S. The molecule has 0 radical (unpaired) electrons. The lowest BCUT2D eigenvalue weighted by atomic mass is 10.2. The number of hydrogen-bond donors (Lipinski definition) is 1. The first kappa shape index (κ1) is 17.5. The van der Waals surface area contributed by atoms with Gasteiger partial charge in [0.1, 0.15) is 5.76 Å². The van der Waals surface area contributed by atoms with Crippen molar-refractivity contribution in [3.63, 3.8) is 0 Å². The van der Waals surface area contributed by atoms with E-state index < -0.39 is 0 Å². The van der Waals surface area contributed by atoms with Gasteiger partial charge in [0, 0.05) is 20.1 Å². The summed E-state index contributed by atoms with van der Waals surface area (Å²) < 4.78 is 7.11. The van der Waals surface area contributed by atoms with E-state index in [1.54, 1.807) is 11.2 Å². The molecule has 9 heteroatoms. The second-order valence-corrected chi connectivity index (χ2v) is 6.85. The van der Waals surface area contributed by atoms with Gasteiger partial charge in [0.05, 0.1) is 24.1 Å². The third-order valence-electron chi connectivity index (χ3n) is 4.16. The van der Waals surface area contributed by atoms with Gasteiger partial charge in [-0.25, -0.2) is 0 Å². The van der Waals surface area contributed by atoms with Gasteiger partial charge in [-0.15, -0.1) is 10.2 Å². The average molecular weight is 363 g/mol. The third kappa shape index (κ3) is 4.04. The van der Waals surface area contributed by atoms with Crippen LogP contribution >= 0.6 is 11.8 Å². The molecule has 3 rings (SSSR count). The van der Waals surface area contributed by atoms with Gasteiger partial charge in [-0.3, -0.25) is 9.59 Å². The van der Waals surface area contributed by atoms with E-state index in [1.165, 1.54) is 11.8 Å². The molecular weight excluding hydrogens is 342 g/mol. The van der Waals surface area contributed by atoms with Crippen molar-refractivity contribution in [2.24, 2.45) is 7.05 Å². The van der Waals surface area contributed by atoms with Gasteiger partial charge in [0.25, 0.3) is 0 Å². The van der Waals surface area contributed by atoms with Crippen molar-refractivity contribution in [2.45, 2.75) is 24.9 Å². The molecule has 134 valence electrons. The van der Waals surface area contributed by atoms with E-state index in [4.69, 9.17) is 4.42 Å². The second-order valence-electron chi connectivity index (χ2n) is 5.91. The zero-order valence-electron chi connectivity index (χ0n) is 14.3. The van der Waals surface area contributed by atoms with Crippen LogP contribution in [0.5, 0.6) is 0 Å². The van der Waals surface area contributed by atoms with E-state index >= 15 is 0 Å². The van der Waals surface area contributed by atoms with Crippen LogP contribution in [0.25, 0.3) is 11.4 Å². The highest BCUT2D eigenvalue weighted by Crippen LogP contribution is 2.25. The predicted molar refractivity (Wildman–Crippen MR) is 93.0 cm³/mol. The molecule has 0 saturated carbocycles. The number of carbonyl (C=O) groups excluding carboxylic acids is 2. The van der Waals surface area contributed by atoms with Gasteiger partial charge in [0.15, 0.2) is 11.0 Å². The molecule has 2 aromatic heterocycles. The number of thioether (sulfide) groups is 1. The quantitative estimate of drug-likeness (QED) is 0.776. The molecule has 25 heavy (non-hydrogen) atoms. The van der Waals surface area contributed by atoms with Crippen molar-refractivity contribution in [3.05, 3.63) is 18.1 Å². The van der Waals surface area contributed by atoms with E-state index in [-0.39, 0.29) is 24.1 Å². The van der Waals surface area contributed by atoms with Crippen LogP contribution in [0.4, 0.5) is 0 Å². The predicted octanol–water partition coefficient (Wildman–Crippen LogP) is 1.21. The smallest absolute Gasteiger partial charge is 0.241 e. The molecule has 0 bridgehead atoms. The van der Waals surface area contributed by atoms with E-state index in [9.17, 15) is 9.59 Å². The highest BCUT2D eigenvalue weighted by atomic mass is 32.2. The maximum absolute atomic E-state index is 12.0. The van der Waals surface area contributed by atoms with Gasteiger partial charge >= 0.3 is 0 Å². The molecule has 0 spiro atoms. The van der Waals surface area contributed by atoms with Crippen molar-refractivity contribution < 1.29 is 14.0 Å². The Bertz CT molecular complexity index is 764. The Balaban J connectivity index is 1.50. The largest absolute Gasteiger partial charge is 0.469 e. The van der Waals surface area contributed by atoms with Crippen molar-refractivity contribution in [1.82, 2.24) is 25.0 Å². The minimum atomic E-state index is -0.193. The molecule has 3 heterocycles. The molecule has 0 aromatic carbocycles. The van der Waals surface area contributed by atoms with Gasteiger partial charge < -0.3 is 19.2 Å². The minimum absolute atomic E-state index is 0.0211. The van der Waals surface area contributed by atoms with Crippen molar-refractivity contribution >= 4 is 23.6 Å². The lowest BCUT2D eigenvalue weighted by Gasteiger charge is -2.15. The summed E-state index contributed by atoms with van der Waals surface area (Å²) in [6.45, 7) is 3.50. The van der Waals surface area contributed by atoms with Crippen molar-refractivity contribution in [3.8, 4) is 11.4 Å². The lowest BCUT2D eigenvalue weighted by molar-refractivity contribution is -0.131. The first-order valence-electron chi connectivity index (χ1n) is 8.17. The third-order valence-corrected chi connectivity index (χ3v) is 5.18. The maximum Gasteiger partial charge on any atom is 0.241 e. The number of carbonyl (C=O) groups is 2. The fraction of sp³-hybridized carbons (Fsp3) is 0.500. The standard InChI is InChI=1S/C16H21N5O3S/c1-11-12(5-8-24-11)15-18-19-16(20(15)2)25-10-13(22)17-9-14(23)21-6-3-4-7-21/h5,8H,3-4,6-7,9-10H2,1-2H3,(H,17,22). The number of hydrogen-bond acceptors (Lipinski definition) is 6. The minimum Gasteiger partial charge on any atom is -0.469 e. The maximum atomic E-state index is 12.0.